The zero-order valence-electron chi connectivity index (χ0n) is 13.4. The zero-order valence-corrected chi connectivity index (χ0v) is 13.4. The minimum atomic E-state index is -1.01. The van der Waals surface area contributed by atoms with Crippen molar-refractivity contribution in [3.05, 3.63) is 102 Å². The molecule has 0 aromatic heterocycles. The number of carbonyl (C=O) groups is 2. The van der Waals surface area contributed by atoms with E-state index < -0.39 is 12.0 Å². The topological polar surface area (TPSA) is 66.4 Å². The smallest absolute Gasteiger partial charge is 0.335 e. The van der Waals surface area contributed by atoms with E-state index in [1.165, 1.54) is 12.1 Å². The van der Waals surface area contributed by atoms with Gasteiger partial charge in [0.05, 0.1) is 5.56 Å². The molecule has 0 aliphatic rings. The average Bonchev–Trinajstić information content (AvgIpc) is 2.67. The van der Waals surface area contributed by atoms with Gasteiger partial charge in [0.25, 0.3) is 0 Å². The fourth-order valence-electron chi connectivity index (χ4n) is 2.62. The Labute approximate surface area is 145 Å². The first-order valence-corrected chi connectivity index (χ1v) is 7.89. The Morgan fingerprint density at radius 2 is 1.36 bits per heavy atom. The summed E-state index contributed by atoms with van der Waals surface area (Å²) in [6, 6.07) is 24.3. The predicted octanol–water partition coefficient (Wildman–Crippen LogP) is 4.42. The summed E-state index contributed by atoms with van der Waals surface area (Å²) in [5.74, 6) is -1.08. The second kappa shape index (κ2) is 7.45. The van der Waals surface area contributed by atoms with Crippen molar-refractivity contribution >= 4 is 17.4 Å². The van der Waals surface area contributed by atoms with Gasteiger partial charge in [-0.1, -0.05) is 66.7 Å². The van der Waals surface area contributed by atoms with Crippen LogP contribution in [0.5, 0.6) is 0 Å². The monoisotopic (exact) mass is 331 g/mol. The summed E-state index contributed by atoms with van der Waals surface area (Å²) in [5, 5.41) is 12.3. The van der Waals surface area contributed by atoms with Gasteiger partial charge < -0.3 is 10.4 Å². The molecule has 3 aromatic carbocycles. The molecular formula is C21H17NO3. The maximum Gasteiger partial charge on any atom is 0.335 e. The van der Waals surface area contributed by atoms with Gasteiger partial charge in [-0.25, -0.2) is 4.79 Å². The Balaban J connectivity index is 1.96. The Hall–Kier alpha value is -3.40. The lowest BCUT2D eigenvalue weighted by Gasteiger charge is -2.20. The van der Waals surface area contributed by atoms with Crippen LogP contribution in [0.4, 0.5) is 5.69 Å². The van der Waals surface area contributed by atoms with Crippen LogP contribution in [0.1, 0.15) is 32.3 Å². The van der Waals surface area contributed by atoms with E-state index in [2.05, 4.69) is 5.32 Å². The van der Waals surface area contributed by atoms with Crippen LogP contribution < -0.4 is 5.32 Å². The van der Waals surface area contributed by atoms with Crippen molar-refractivity contribution in [1.82, 2.24) is 0 Å². The molecule has 124 valence electrons. The molecule has 2 N–H and O–H groups in total. The van der Waals surface area contributed by atoms with Crippen molar-refractivity contribution in [1.29, 1.82) is 0 Å². The van der Waals surface area contributed by atoms with Crippen LogP contribution in [0.25, 0.3) is 0 Å². The summed E-state index contributed by atoms with van der Waals surface area (Å²) < 4.78 is 0. The summed E-state index contributed by atoms with van der Waals surface area (Å²) >= 11 is 0. The first-order chi connectivity index (χ1) is 12.1. The molecule has 3 rings (SSSR count). The molecule has 25 heavy (non-hydrogen) atoms. The molecule has 0 bridgehead atoms. The normalized spacial score (nSPS) is 11.5. The summed E-state index contributed by atoms with van der Waals surface area (Å²) in [6.45, 7) is 0. The van der Waals surface area contributed by atoms with Gasteiger partial charge in [-0.05, 0) is 23.8 Å². The van der Waals surface area contributed by atoms with Crippen LogP contribution in [0.2, 0.25) is 0 Å². The van der Waals surface area contributed by atoms with Crippen LogP contribution in [-0.2, 0) is 0 Å². The van der Waals surface area contributed by atoms with Crippen molar-refractivity contribution in [3.63, 3.8) is 0 Å². The third kappa shape index (κ3) is 3.93. The van der Waals surface area contributed by atoms with E-state index >= 15 is 0 Å². The number of rotatable bonds is 6. The number of carboxylic acids is 1. The standard InChI is InChI=1S/C21H17NO3/c23-20(16-10-5-2-6-11-16)19(15-8-3-1-4-9-15)22-18-13-7-12-17(14-18)21(24)25/h1-14,19,22H,(H,24,25)/t19-/m0/s1. The van der Waals surface area contributed by atoms with Crippen LogP contribution in [0.3, 0.4) is 0 Å². The van der Waals surface area contributed by atoms with E-state index in [1.807, 2.05) is 48.5 Å². The third-order valence-electron chi connectivity index (χ3n) is 3.87. The fraction of sp³-hybridized carbons (Fsp3) is 0.0476. The lowest BCUT2D eigenvalue weighted by Crippen LogP contribution is -2.21. The van der Waals surface area contributed by atoms with Crippen molar-refractivity contribution in [3.8, 4) is 0 Å². The quantitative estimate of drug-likeness (QED) is 0.656. The number of nitrogens with one attached hydrogen (secondary N) is 1. The Kier molecular flexibility index (Phi) is 4.90. The number of aromatic carboxylic acids is 1. The molecule has 0 unspecified atom stereocenters. The molecule has 0 aliphatic carbocycles. The number of benzene rings is 3. The van der Waals surface area contributed by atoms with Crippen LogP contribution in [-0.4, -0.2) is 16.9 Å². The van der Waals surface area contributed by atoms with Gasteiger partial charge in [0.2, 0.25) is 0 Å². The van der Waals surface area contributed by atoms with Gasteiger partial charge in [-0.3, -0.25) is 4.79 Å². The van der Waals surface area contributed by atoms with Gasteiger partial charge in [-0.2, -0.15) is 0 Å². The number of anilines is 1. The number of ketones is 1. The molecule has 4 heteroatoms. The Morgan fingerprint density at radius 3 is 2.00 bits per heavy atom. The molecule has 0 radical (unpaired) electrons. The third-order valence-corrected chi connectivity index (χ3v) is 3.87. The lowest BCUT2D eigenvalue weighted by atomic mass is 9.97. The highest BCUT2D eigenvalue weighted by atomic mass is 16.4. The second-order valence-corrected chi connectivity index (χ2v) is 5.60. The number of hydrogen-bond acceptors (Lipinski definition) is 3. The second-order valence-electron chi connectivity index (χ2n) is 5.60. The van der Waals surface area contributed by atoms with E-state index in [4.69, 9.17) is 5.11 Å². The van der Waals surface area contributed by atoms with Crippen molar-refractivity contribution in [2.24, 2.45) is 0 Å². The van der Waals surface area contributed by atoms with Crippen LogP contribution in [0.15, 0.2) is 84.9 Å². The van der Waals surface area contributed by atoms with Crippen molar-refractivity contribution in [2.45, 2.75) is 6.04 Å². The highest BCUT2D eigenvalue weighted by molar-refractivity contribution is 6.02. The summed E-state index contributed by atoms with van der Waals surface area (Å²) in [7, 11) is 0. The van der Waals surface area contributed by atoms with Crippen molar-refractivity contribution in [2.75, 3.05) is 5.32 Å². The summed E-state index contributed by atoms with van der Waals surface area (Å²) in [4.78, 5) is 24.2. The minimum Gasteiger partial charge on any atom is -0.478 e. The summed E-state index contributed by atoms with van der Waals surface area (Å²) in [6.07, 6.45) is 0. The van der Waals surface area contributed by atoms with Gasteiger partial charge >= 0.3 is 5.97 Å². The number of Topliss-reactive ketones (excluding diaryl/α,β-unsaturated/α-hetero) is 1. The molecular weight excluding hydrogens is 314 g/mol. The molecule has 0 amide bonds. The number of carboxylic acid groups (broad SMARTS) is 1. The Morgan fingerprint density at radius 1 is 0.760 bits per heavy atom. The largest absolute Gasteiger partial charge is 0.478 e. The molecule has 0 saturated carbocycles. The molecule has 1 atom stereocenters. The molecule has 0 fully saturated rings. The van der Waals surface area contributed by atoms with Gasteiger partial charge in [0.15, 0.2) is 5.78 Å². The van der Waals surface area contributed by atoms with Gasteiger partial charge in [-0.15, -0.1) is 0 Å². The molecule has 0 aliphatic heterocycles. The maximum absolute atomic E-state index is 13.0. The summed E-state index contributed by atoms with van der Waals surface area (Å²) in [5.41, 5.74) is 2.16. The first-order valence-electron chi connectivity index (χ1n) is 7.89. The Bertz CT molecular complexity index is 876. The number of carbonyl (C=O) groups excluding carboxylic acids is 1. The van der Waals surface area contributed by atoms with E-state index in [9.17, 15) is 9.59 Å². The fourth-order valence-corrected chi connectivity index (χ4v) is 2.62. The average molecular weight is 331 g/mol. The first kappa shape index (κ1) is 16.5. The van der Waals surface area contributed by atoms with E-state index in [0.717, 1.165) is 5.56 Å². The molecule has 0 heterocycles. The number of hydrogen-bond donors (Lipinski definition) is 2. The zero-order chi connectivity index (χ0) is 17.6. The van der Waals surface area contributed by atoms with E-state index in [0.29, 0.717) is 11.3 Å². The van der Waals surface area contributed by atoms with E-state index in [1.54, 1.807) is 24.3 Å². The molecule has 3 aromatic rings. The molecule has 4 nitrogen and oxygen atoms in total. The molecule has 0 saturated heterocycles. The van der Waals surface area contributed by atoms with E-state index in [-0.39, 0.29) is 11.3 Å². The van der Waals surface area contributed by atoms with Crippen molar-refractivity contribution < 1.29 is 14.7 Å². The maximum atomic E-state index is 13.0. The minimum absolute atomic E-state index is 0.0764. The van der Waals surface area contributed by atoms with Crippen LogP contribution >= 0.6 is 0 Å². The van der Waals surface area contributed by atoms with Crippen LogP contribution in [0, 0.1) is 0 Å². The molecule has 0 spiro atoms. The highest BCUT2D eigenvalue weighted by Crippen LogP contribution is 2.24. The lowest BCUT2D eigenvalue weighted by molar-refractivity contribution is 0.0696. The SMILES string of the molecule is O=C(O)c1cccc(N[C@H](C(=O)c2ccccc2)c2ccccc2)c1. The van der Waals surface area contributed by atoms with Gasteiger partial charge in [0, 0.05) is 11.3 Å². The van der Waals surface area contributed by atoms with Gasteiger partial charge in [0.1, 0.15) is 6.04 Å². The predicted molar refractivity (Wildman–Crippen MR) is 97.0 cm³/mol. The highest BCUT2D eigenvalue weighted by Gasteiger charge is 2.22.